The van der Waals surface area contributed by atoms with Gasteiger partial charge in [-0.15, -0.1) is 0 Å². The van der Waals surface area contributed by atoms with Gasteiger partial charge in [0.1, 0.15) is 5.75 Å². The SMILES string of the molecule is O=S(O)CC(F)(F)CNC1CC1. The van der Waals surface area contributed by atoms with Gasteiger partial charge in [0.2, 0.25) is 0 Å². The Morgan fingerprint density at radius 1 is 1.58 bits per heavy atom. The van der Waals surface area contributed by atoms with Gasteiger partial charge in [-0.1, -0.05) is 0 Å². The van der Waals surface area contributed by atoms with Gasteiger partial charge in [0.25, 0.3) is 5.92 Å². The summed E-state index contributed by atoms with van der Waals surface area (Å²) < 4.78 is 43.6. The largest absolute Gasteiger partial charge is 0.308 e. The average Bonchev–Trinajstić information content (AvgIpc) is 2.62. The predicted octanol–water partition coefficient (Wildman–Crippen LogP) is 0.595. The average molecular weight is 199 g/mol. The van der Waals surface area contributed by atoms with Crippen molar-refractivity contribution in [3.05, 3.63) is 0 Å². The van der Waals surface area contributed by atoms with Crippen LogP contribution in [0.15, 0.2) is 0 Å². The lowest BCUT2D eigenvalue weighted by molar-refractivity contribution is 0.0257. The number of hydrogen-bond acceptors (Lipinski definition) is 2. The van der Waals surface area contributed by atoms with E-state index in [-0.39, 0.29) is 6.04 Å². The smallest absolute Gasteiger partial charge is 0.273 e. The molecule has 1 unspecified atom stereocenters. The van der Waals surface area contributed by atoms with E-state index in [9.17, 15) is 13.0 Å². The van der Waals surface area contributed by atoms with Crippen LogP contribution in [0.4, 0.5) is 8.78 Å². The van der Waals surface area contributed by atoms with E-state index >= 15 is 0 Å². The second kappa shape index (κ2) is 3.76. The normalized spacial score (nSPS) is 20.9. The summed E-state index contributed by atoms with van der Waals surface area (Å²) in [6, 6.07) is 0.197. The summed E-state index contributed by atoms with van der Waals surface area (Å²) >= 11 is -2.42. The van der Waals surface area contributed by atoms with E-state index in [0.717, 1.165) is 12.8 Å². The molecule has 0 aromatic heterocycles. The Labute approximate surface area is 71.8 Å². The van der Waals surface area contributed by atoms with E-state index in [1.165, 1.54) is 0 Å². The molecule has 2 N–H and O–H groups in total. The Morgan fingerprint density at radius 3 is 2.58 bits per heavy atom. The highest BCUT2D eigenvalue weighted by Crippen LogP contribution is 2.21. The monoisotopic (exact) mass is 199 g/mol. The molecule has 1 saturated carbocycles. The fourth-order valence-electron chi connectivity index (χ4n) is 0.813. The van der Waals surface area contributed by atoms with Crippen molar-refractivity contribution in [2.45, 2.75) is 24.8 Å². The van der Waals surface area contributed by atoms with E-state index in [1.807, 2.05) is 0 Å². The molecular weight excluding hydrogens is 188 g/mol. The molecule has 0 aromatic rings. The summed E-state index contributed by atoms with van der Waals surface area (Å²) in [5, 5.41) is 2.61. The second-order valence-electron chi connectivity index (χ2n) is 2.98. The third-order valence-electron chi connectivity index (χ3n) is 1.56. The molecule has 0 bridgehead atoms. The number of alkyl halides is 2. The fraction of sp³-hybridized carbons (Fsp3) is 1.00. The van der Waals surface area contributed by atoms with Gasteiger partial charge < -0.3 is 9.87 Å². The molecule has 1 fully saturated rings. The summed E-state index contributed by atoms with van der Waals surface area (Å²) in [4.78, 5) is 0. The molecule has 0 aromatic carbocycles. The maximum atomic E-state index is 12.6. The van der Waals surface area contributed by atoms with Crippen LogP contribution in [0.3, 0.4) is 0 Å². The van der Waals surface area contributed by atoms with Crippen LogP contribution in [0.2, 0.25) is 0 Å². The first-order valence-electron chi connectivity index (χ1n) is 3.68. The van der Waals surface area contributed by atoms with Crippen LogP contribution in [0.25, 0.3) is 0 Å². The van der Waals surface area contributed by atoms with Gasteiger partial charge in [-0.3, -0.25) is 0 Å². The van der Waals surface area contributed by atoms with E-state index in [4.69, 9.17) is 4.55 Å². The molecule has 1 atom stereocenters. The zero-order valence-electron chi connectivity index (χ0n) is 6.43. The molecule has 1 aliphatic rings. The summed E-state index contributed by atoms with van der Waals surface area (Å²) in [5.74, 6) is -4.05. The number of rotatable bonds is 5. The summed E-state index contributed by atoms with van der Waals surface area (Å²) in [6.07, 6.45) is 1.86. The molecule has 0 amide bonds. The van der Waals surface area contributed by atoms with Gasteiger partial charge in [0, 0.05) is 6.04 Å². The molecule has 3 nitrogen and oxygen atoms in total. The van der Waals surface area contributed by atoms with Gasteiger partial charge >= 0.3 is 0 Å². The van der Waals surface area contributed by atoms with Crippen LogP contribution in [-0.2, 0) is 11.1 Å². The number of hydrogen-bond donors (Lipinski definition) is 2. The van der Waals surface area contributed by atoms with Gasteiger partial charge in [-0.05, 0) is 12.8 Å². The zero-order chi connectivity index (χ0) is 9.19. The van der Waals surface area contributed by atoms with Crippen molar-refractivity contribution in [2.24, 2.45) is 0 Å². The molecule has 1 rings (SSSR count). The molecule has 0 aliphatic heterocycles. The van der Waals surface area contributed by atoms with Crippen molar-refractivity contribution < 1.29 is 17.5 Å². The summed E-state index contributed by atoms with van der Waals surface area (Å²) in [6.45, 7) is -0.496. The molecule has 0 spiro atoms. The van der Waals surface area contributed by atoms with Crippen LogP contribution >= 0.6 is 0 Å². The Balaban J connectivity index is 2.20. The minimum atomic E-state index is -3.07. The quantitative estimate of drug-likeness (QED) is 0.637. The first kappa shape index (κ1) is 10.0. The predicted molar refractivity (Wildman–Crippen MR) is 41.6 cm³/mol. The second-order valence-corrected chi connectivity index (χ2v) is 3.91. The van der Waals surface area contributed by atoms with E-state index < -0.39 is 29.3 Å². The topological polar surface area (TPSA) is 49.3 Å². The van der Waals surface area contributed by atoms with Crippen molar-refractivity contribution >= 4 is 11.1 Å². The fourth-order valence-corrected chi connectivity index (χ4v) is 1.28. The Kier molecular flexibility index (Phi) is 3.14. The van der Waals surface area contributed by atoms with E-state index in [0.29, 0.717) is 0 Å². The van der Waals surface area contributed by atoms with Crippen LogP contribution in [-0.4, -0.2) is 33.0 Å². The molecule has 12 heavy (non-hydrogen) atoms. The Bertz CT molecular complexity index is 184. The maximum Gasteiger partial charge on any atom is 0.273 e. The third kappa shape index (κ3) is 4.08. The maximum absolute atomic E-state index is 12.6. The molecule has 0 radical (unpaired) electrons. The molecular formula is C6H11F2NO2S. The van der Waals surface area contributed by atoms with Crippen molar-refractivity contribution in [2.75, 3.05) is 12.3 Å². The van der Waals surface area contributed by atoms with Crippen molar-refractivity contribution in [3.8, 4) is 0 Å². The minimum Gasteiger partial charge on any atom is -0.308 e. The first-order valence-corrected chi connectivity index (χ1v) is 4.96. The molecule has 72 valence electrons. The van der Waals surface area contributed by atoms with Gasteiger partial charge in [0.15, 0.2) is 11.1 Å². The summed E-state index contributed by atoms with van der Waals surface area (Å²) in [5.41, 5.74) is 0. The van der Waals surface area contributed by atoms with Crippen LogP contribution in [0, 0.1) is 0 Å². The highest BCUT2D eigenvalue weighted by atomic mass is 32.2. The van der Waals surface area contributed by atoms with Gasteiger partial charge in [-0.2, -0.15) is 0 Å². The zero-order valence-corrected chi connectivity index (χ0v) is 7.24. The highest BCUT2D eigenvalue weighted by Gasteiger charge is 2.33. The van der Waals surface area contributed by atoms with Crippen molar-refractivity contribution in [3.63, 3.8) is 0 Å². The minimum absolute atomic E-state index is 0.197. The standard InChI is InChI=1S/C6H11F2NO2S/c7-6(8,4-12(10)11)3-9-5-1-2-5/h5,9H,1-4H2,(H,10,11). The molecule has 6 heteroatoms. The van der Waals surface area contributed by atoms with Crippen molar-refractivity contribution in [1.82, 2.24) is 5.32 Å². The lowest BCUT2D eigenvalue weighted by Gasteiger charge is -2.14. The summed E-state index contributed by atoms with van der Waals surface area (Å²) in [7, 11) is 0. The Hall–Kier alpha value is -0.0700. The van der Waals surface area contributed by atoms with E-state index in [1.54, 1.807) is 0 Å². The molecule has 1 aliphatic carbocycles. The lowest BCUT2D eigenvalue weighted by atomic mass is 10.4. The number of nitrogens with one attached hydrogen (secondary N) is 1. The van der Waals surface area contributed by atoms with Gasteiger partial charge in [-0.25, -0.2) is 13.0 Å². The van der Waals surface area contributed by atoms with E-state index in [2.05, 4.69) is 5.32 Å². The van der Waals surface area contributed by atoms with Crippen LogP contribution < -0.4 is 5.32 Å². The molecule has 0 saturated heterocycles. The van der Waals surface area contributed by atoms with Crippen LogP contribution in [0.1, 0.15) is 12.8 Å². The highest BCUT2D eigenvalue weighted by molar-refractivity contribution is 7.79. The third-order valence-corrected chi connectivity index (χ3v) is 2.23. The first-order chi connectivity index (χ1) is 5.49. The lowest BCUT2D eigenvalue weighted by Crippen LogP contribution is -2.38. The van der Waals surface area contributed by atoms with Crippen LogP contribution in [0.5, 0.6) is 0 Å². The van der Waals surface area contributed by atoms with Crippen molar-refractivity contribution in [1.29, 1.82) is 0 Å². The number of halogens is 2. The van der Waals surface area contributed by atoms with Gasteiger partial charge in [0.05, 0.1) is 6.54 Å². The molecule has 0 heterocycles. The Morgan fingerprint density at radius 2 is 2.17 bits per heavy atom.